The number of ether oxygens (including phenoxy) is 2. The molecule has 6 heteroatoms. The Bertz CT molecular complexity index is 1240. The van der Waals surface area contributed by atoms with Gasteiger partial charge in [0, 0.05) is 30.3 Å². The lowest BCUT2D eigenvalue weighted by molar-refractivity contribution is -0.121. The molecule has 0 radical (unpaired) electrons. The summed E-state index contributed by atoms with van der Waals surface area (Å²) in [5.41, 5.74) is 4.89. The number of hydrogen-bond donors (Lipinski definition) is 1. The third-order valence-corrected chi connectivity index (χ3v) is 5.58. The van der Waals surface area contributed by atoms with E-state index in [0.717, 1.165) is 39.6 Å². The van der Waals surface area contributed by atoms with Crippen LogP contribution in [0.25, 0.3) is 16.9 Å². The van der Waals surface area contributed by atoms with Gasteiger partial charge in [-0.3, -0.25) is 4.79 Å². The molecule has 1 aliphatic heterocycles. The third-order valence-electron chi connectivity index (χ3n) is 5.58. The molecule has 0 fully saturated rings. The van der Waals surface area contributed by atoms with Gasteiger partial charge in [-0.25, -0.2) is 4.68 Å². The number of aryl methyl sites for hydroxylation is 1. The molecule has 1 aliphatic rings. The molecular formula is C27H25N3O3. The lowest BCUT2D eigenvalue weighted by Gasteiger charge is -2.18. The zero-order chi connectivity index (χ0) is 22.5. The summed E-state index contributed by atoms with van der Waals surface area (Å²) >= 11 is 0. The van der Waals surface area contributed by atoms with Crippen molar-refractivity contribution in [1.29, 1.82) is 0 Å². The second-order valence-corrected chi connectivity index (χ2v) is 7.90. The number of aromatic nitrogens is 2. The minimum atomic E-state index is -0.00337. The lowest BCUT2D eigenvalue weighted by atomic mass is 10.1. The maximum Gasteiger partial charge on any atom is 0.220 e. The summed E-state index contributed by atoms with van der Waals surface area (Å²) in [7, 11) is 0. The SMILES string of the molecule is O=C(CCc1ccc2c(c1)OCCO2)NCc1cn(-c2ccccc2)nc1-c1ccccc1. The van der Waals surface area contributed by atoms with Crippen LogP contribution in [0.3, 0.4) is 0 Å². The fraction of sp³-hybridized carbons (Fsp3) is 0.185. The molecule has 1 N–H and O–H groups in total. The molecule has 33 heavy (non-hydrogen) atoms. The van der Waals surface area contributed by atoms with Gasteiger partial charge in [0.25, 0.3) is 0 Å². The molecule has 0 bridgehead atoms. The van der Waals surface area contributed by atoms with Crippen LogP contribution >= 0.6 is 0 Å². The molecule has 6 nitrogen and oxygen atoms in total. The summed E-state index contributed by atoms with van der Waals surface area (Å²) < 4.78 is 13.1. The summed E-state index contributed by atoms with van der Waals surface area (Å²) in [4.78, 5) is 12.6. The van der Waals surface area contributed by atoms with Crippen molar-refractivity contribution in [3.8, 4) is 28.4 Å². The van der Waals surface area contributed by atoms with Crippen LogP contribution in [-0.2, 0) is 17.8 Å². The first-order chi connectivity index (χ1) is 16.3. The Kier molecular flexibility index (Phi) is 6.06. The van der Waals surface area contributed by atoms with Crippen molar-refractivity contribution in [3.05, 3.63) is 96.2 Å². The Morgan fingerprint density at radius 3 is 2.42 bits per heavy atom. The Hall–Kier alpha value is -4.06. The Morgan fingerprint density at radius 1 is 0.909 bits per heavy atom. The van der Waals surface area contributed by atoms with Gasteiger partial charge in [0.15, 0.2) is 11.5 Å². The first-order valence-corrected chi connectivity index (χ1v) is 11.1. The number of fused-ring (bicyclic) bond motifs is 1. The third kappa shape index (κ3) is 4.90. The summed E-state index contributed by atoms with van der Waals surface area (Å²) in [6.07, 6.45) is 3.02. The van der Waals surface area contributed by atoms with E-state index in [4.69, 9.17) is 14.6 Å². The molecule has 3 aromatic carbocycles. The molecule has 0 unspecified atom stereocenters. The minimum Gasteiger partial charge on any atom is -0.486 e. The molecule has 166 valence electrons. The summed E-state index contributed by atoms with van der Waals surface area (Å²) in [6, 6.07) is 25.9. The largest absolute Gasteiger partial charge is 0.486 e. The van der Waals surface area contributed by atoms with Crippen molar-refractivity contribution in [2.45, 2.75) is 19.4 Å². The quantitative estimate of drug-likeness (QED) is 0.459. The Balaban J connectivity index is 1.26. The van der Waals surface area contributed by atoms with Crippen LogP contribution in [0.4, 0.5) is 0 Å². The number of carbonyl (C=O) groups is 1. The lowest BCUT2D eigenvalue weighted by Crippen LogP contribution is -2.23. The topological polar surface area (TPSA) is 65.4 Å². The van der Waals surface area contributed by atoms with Gasteiger partial charge in [0.05, 0.1) is 11.4 Å². The van der Waals surface area contributed by atoms with Gasteiger partial charge in [-0.15, -0.1) is 0 Å². The zero-order valence-electron chi connectivity index (χ0n) is 18.2. The second kappa shape index (κ2) is 9.61. The predicted octanol–water partition coefficient (Wildman–Crippen LogP) is 4.56. The van der Waals surface area contributed by atoms with Crippen molar-refractivity contribution >= 4 is 5.91 Å². The van der Waals surface area contributed by atoms with Crippen molar-refractivity contribution < 1.29 is 14.3 Å². The molecule has 0 saturated heterocycles. The zero-order valence-corrected chi connectivity index (χ0v) is 18.2. The van der Waals surface area contributed by atoms with Gasteiger partial charge in [0.1, 0.15) is 13.2 Å². The van der Waals surface area contributed by atoms with Crippen LogP contribution in [0.1, 0.15) is 17.5 Å². The standard InChI is InChI=1S/C27H25N3O3/c31-26(14-12-20-11-13-24-25(17-20)33-16-15-32-24)28-18-22-19-30(23-9-5-2-6-10-23)29-27(22)21-7-3-1-4-8-21/h1-11,13,17,19H,12,14-16,18H2,(H,28,31). The molecule has 1 aromatic heterocycles. The van der Waals surface area contributed by atoms with Crippen LogP contribution in [0.2, 0.25) is 0 Å². The molecule has 2 heterocycles. The number of nitrogens with zero attached hydrogens (tertiary/aromatic N) is 2. The maximum atomic E-state index is 12.6. The number of rotatable bonds is 7. The summed E-state index contributed by atoms with van der Waals surface area (Å²) in [5.74, 6) is 1.51. The number of nitrogens with one attached hydrogen (secondary N) is 1. The number of amides is 1. The first-order valence-electron chi connectivity index (χ1n) is 11.1. The molecular weight excluding hydrogens is 414 g/mol. The Morgan fingerprint density at radius 2 is 1.64 bits per heavy atom. The van der Waals surface area contributed by atoms with Crippen LogP contribution in [0.5, 0.6) is 11.5 Å². The smallest absolute Gasteiger partial charge is 0.220 e. The van der Waals surface area contributed by atoms with E-state index in [1.807, 2.05) is 89.7 Å². The fourth-order valence-electron chi connectivity index (χ4n) is 3.87. The number of hydrogen-bond acceptors (Lipinski definition) is 4. The molecule has 0 saturated carbocycles. The minimum absolute atomic E-state index is 0.00337. The number of carbonyl (C=O) groups excluding carboxylic acids is 1. The van der Waals surface area contributed by atoms with Gasteiger partial charge >= 0.3 is 0 Å². The van der Waals surface area contributed by atoms with E-state index < -0.39 is 0 Å². The highest BCUT2D eigenvalue weighted by atomic mass is 16.6. The van der Waals surface area contributed by atoms with Crippen molar-refractivity contribution in [2.75, 3.05) is 13.2 Å². The summed E-state index contributed by atoms with van der Waals surface area (Å²) in [6.45, 7) is 1.54. The second-order valence-electron chi connectivity index (χ2n) is 7.90. The highest BCUT2D eigenvalue weighted by Crippen LogP contribution is 2.31. The van der Waals surface area contributed by atoms with E-state index >= 15 is 0 Å². The van der Waals surface area contributed by atoms with Crippen molar-refractivity contribution in [3.63, 3.8) is 0 Å². The van der Waals surface area contributed by atoms with E-state index in [1.54, 1.807) is 0 Å². The molecule has 5 rings (SSSR count). The normalized spacial score (nSPS) is 12.4. The number of para-hydroxylation sites is 1. The fourth-order valence-corrected chi connectivity index (χ4v) is 3.87. The Labute approximate surface area is 192 Å². The first kappa shape index (κ1) is 20.8. The molecule has 4 aromatic rings. The average Bonchev–Trinajstić information content (AvgIpc) is 3.31. The highest BCUT2D eigenvalue weighted by Gasteiger charge is 2.15. The monoisotopic (exact) mass is 439 g/mol. The average molecular weight is 440 g/mol. The van der Waals surface area contributed by atoms with Crippen LogP contribution in [0.15, 0.2) is 85.1 Å². The van der Waals surface area contributed by atoms with Gasteiger partial charge in [-0.1, -0.05) is 54.6 Å². The van der Waals surface area contributed by atoms with Gasteiger partial charge in [-0.2, -0.15) is 5.10 Å². The highest BCUT2D eigenvalue weighted by molar-refractivity contribution is 5.76. The van der Waals surface area contributed by atoms with Crippen LogP contribution < -0.4 is 14.8 Å². The van der Waals surface area contributed by atoms with E-state index in [0.29, 0.717) is 32.6 Å². The molecule has 1 amide bonds. The van der Waals surface area contributed by atoms with E-state index in [2.05, 4.69) is 5.32 Å². The molecule has 0 spiro atoms. The number of benzene rings is 3. The van der Waals surface area contributed by atoms with Gasteiger partial charge < -0.3 is 14.8 Å². The maximum absolute atomic E-state index is 12.6. The predicted molar refractivity (Wildman–Crippen MR) is 127 cm³/mol. The van der Waals surface area contributed by atoms with E-state index in [1.165, 1.54) is 0 Å². The molecule has 0 aliphatic carbocycles. The van der Waals surface area contributed by atoms with Gasteiger partial charge in [-0.05, 0) is 36.2 Å². The summed E-state index contributed by atoms with van der Waals surface area (Å²) in [5, 5.41) is 7.86. The van der Waals surface area contributed by atoms with Crippen molar-refractivity contribution in [1.82, 2.24) is 15.1 Å². The van der Waals surface area contributed by atoms with E-state index in [-0.39, 0.29) is 5.91 Å². The van der Waals surface area contributed by atoms with Crippen LogP contribution in [-0.4, -0.2) is 28.9 Å². The van der Waals surface area contributed by atoms with Gasteiger partial charge in [0.2, 0.25) is 5.91 Å². The molecule has 0 atom stereocenters. The van der Waals surface area contributed by atoms with Crippen LogP contribution in [0, 0.1) is 0 Å². The van der Waals surface area contributed by atoms with E-state index in [9.17, 15) is 4.79 Å². The van der Waals surface area contributed by atoms with Crippen molar-refractivity contribution in [2.24, 2.45) is 0 Å².